The molecule has 4 heteroatoms. The molecule has 0 saturated heterocycles. The predicted molar refractivity (Wildman–Crippen MR) is 278 cm³/mol. The monoisotopic (exact) mass is 1050 g/mol. The summed E-state index contributed by atoms with van der Waals surface area (Å²) in [6.07, 6.45) is 41.8. The number of allylic oxidation sites excluding steroid dienone is 10. The third-order valence-electron chi connectivity index (χ3n) is 14.1. The van der Waals surface area contributed by atoms with Gasteiger partial charge in [-0.25, -0.2) is 0 Å². The fourth-order valence-corrected chi connectivity index (χ4v) is 56.7. The summed E-state index contributed by atoms with van der Waals surface area (Å²) in [5.41, 5.74) is 9.90. The van der Waals surface area contributed by atoms with Crippen LogP contribution in [-0.2, 0) is 12.8 Å². The average Bonchev–Trinajstić information content (AvgIpc) is 3.83. The number of hydrogen-bond acceptors (Lipinski definition) is 2. The number of fused-ring (bicyclic) bond motifs is 2. The van der Waals surface area contributed by atoms with E-state index >= 15 is 0 Å². The van der Waals surface area contributed by atoms with E-state index in [1.54, 1.807) is 59.3 Å². The fourth-order valence-electron chi connectivity index (χ4n) is 10.5. The Bertz CT molecular complexity index is 1610. The van der Waals surface area contributed by atoms with E-state index in [1.807, 2.05) is 16.9 Å². The zero-order valence-corrected chi connectivity index (χ0v) is 47.3. The topological polar surface area (TPSA) is 0 Å². The average molecular weight is 1050 g/mol. The van der Waals surface area contributed by atoms with Crippen molar-refractivity contribution in [2.75, 3.05) is 0 Å². The van der Waals surface area contributed by atoms with Gasteiger partial charge in [0.1, 0.15) is 0 Å². The van der Waals surface area contributed by atoms with Crippen molar-refractivity contribution in [3.05, 3.63) is 86.4 Å². The van der Waals surface area contributed by atoms with E-state index in [-0.39, 0.29) is 0 Å². The quantitative estimate of drug-likeness (QED) is 0.0506. The van der Waals surface area contributed by atoms with Crippen molar-refractivity contribution in [1.29, 1.82) is 0 Å². The molecular formula is C55H90S2Sn2. The molecule has 2 aliphatic rings. The van der Waals surface area contributed by atoms with Crippen LogP contribution in [-0.4, -0.2) is 36.8 Å². The van der Waals surface area contributed by atoms with Crippen LogP contribution in [0.5, 0.6) is 0 Å². The Morgan fingerprint density at radius 2 is 0.932 bits per heavy atom. The number of rotatable bonds is 32. The molecule has 2 aromatic rings. The van der Waals surface area contributed by atoms with Gasteiger partial charge in [0.25, 0.3) is 0 Å². The standard InChI is InChI=1S/C31H36S2.6C4H9.2Sn/c1-3-5-7-9-13-24-19-30(32-22-24)28-17-11-16-27-21-26(28)15-12-18-29(27)31-20-25(23-33-31)14-10-8-6-4-2;6*1-3-4-2;;/h11,15-17,19-20,22-23H,3-10,13-14,21H2,1-2H3;6*1,3-4H2,2H3;;. The molecule has 330 valence electrons. The molecular weight excluding hydrogens is 962 g/mol. The molecule has 4 rings (SSSR count). The van der Waals surface area contributed by atoms with E-state index < -0.39 is 36.8 Å². The molecule has 59 heavy (non-hydrogen) atoms. The van der Waals surface area contributed by atoms with Crippen LogP contribution in [0.15, 0.2) is 65.5 Å². The normalized spacial score (nSPS) is 14.9. The molecule has 0 amide bonds. The van der Waals surface area contributed by atoms with Gasteiger partial charge >= 0.3 is 380 Å². The van der Waals surface area contributed by atoms with Gasteiger partial charge in [-0.2, -0.15) is 0 Å². The van der Waals surface area contributed by atoms with Gasteiger partial charge in [0.15, 0.2) is 0 Å². The molecule has 0 spiro atoms. The maximum atomic E-state index is 3.06. The first-order chi connectivity index (χ1) is 28.9. The molecule has 2 bridgehead atoms. The zero-order chi connectivity index (χ0) is 42.4. The van der Waals surface area contributed by atoms with E-state index in [0.29, 0.717) is 0 Å². The third kappa shape index (κ3) is 14.9. The Morgan fingerprint density at radius 1 is 0.492 bits per heavy atom. The Labute approximate surface area is 383 Å². The molecule has 2 heterocycles. The molecule has 0 aliphatic heterocycles. The summed E-state index contributed by atoms with van der Waals surface area (Å²) in [5, 5.41) is 5.12. The zero-order valence-electron chi connectivity index (χ0n) is 39.9. The molecule has 0 saturated carbocycles. The van der Waals surface area contributed by atoms with Crippen LogP contribution < -0.4 is 0 Å². The fraction of sp³-hybridized carbons (Fsp3) is 0.673. The van der Waals surface area contributed by atoms with Gasteiger partial charge in [-0.1, -0.05) is 6.92 Å². The summed E-state index contributed by atoms with van der Waals surface area (Å²) >= 11 is -1.94. The second kappa shape index (κ2) is 28.5. The van der Waals surface area contributed by atoms with Crippen molar-refractivity contribution in [2.45, 2.75) is 230 Å². The van der Waals surface area contributed by atoms with Crippen LogP contribution in [0.3, 0.4) is 0 Å². The maximum absolute atomic E-state index is 3.09. The van der Waals surface area contributed by atoms with Crippen LogP contribution in [0.2, 0.25) is 26.6 Å². The second-order valence-corrected chi connectivity index (χ2v) is 46.9. The predicted octanol–water partition coefficient (Wildman–Crippen LogP) is 19.9. The molecule has 0 atom stereocenters. The van der Waals surface area contributed by atoms with Crippen LogP contribution in [0, 0.1) is 0 Å². The number of hydrogen-bond donors (Lipinski definition) is 0. The molecule has 0 fully saturated rings. The minimum atomic E-state index is -3.09. The van der Waals surface area contributed by atoms with Gasteiger partial charge in [0.2, 0.25) is 0 Å². The van der Waals surface area contributed by atoms with Crippen LogP contribution >= 0.6 is 22.7 Å². The van der Waals surface area contributed by atoms with Gasteiger partial charge in [-0.3, -0.25) is 0 Å². The molecule has 0 N–H and O–H groups in total. The van der Waals surface area contributed by atoms with Crippen molar-refractivity contribution in [3.63, 3.8) is 0 Å². The summed E-state index contributed by atoms with van der Waals surface area (Å²) in [6, 6.07) is 5.36. The Kier molecular flexibility index (Phi) is 24.8. The van der Waals surface area contributed by atoms with Crippen LogP contribution in [0.1, 0.15) is 211 Å². The summed E-state index contributed by atoms with van der Waals surface area (Å²) in [4.78, 5) is 3.18. The van der Waals surface area contributed by atoms with E-state index in [4.69, 9.17) is 0 Å². The van der Waals surface area contributed by atoms with Crippen molar-refractivity contribution < 1.29 is 0 Å². The first kappa shape index (κ1) is 51.3. The van der Waals surface area contributed by atoms with Gasteiger partial charge in [-0.05, 0) is 0 Å². The van der Waals surface area contributed by atoms with Crippen molar-refractivity contribution in [2.24, 2.45) is 0 Å². The number of aryl methyl sites for hydroxylation is 2. The van der Waals surface area contributed by atoms with Gasteiger partial charge in [0.05, 0.1) is 0 Å². The van der Waals surface area contributed by atoms with Crippen LogP contribution in [0.4, 0.5) is 0 Å². The van der Waals surface area contributed by atoms with Gasteiger partial charge in [0, 0.05) is 0 Å². The van der Waals surface area contributed by atoms with E-state index in [9.17, 15) is 0 Å². The van der Waals surface area contributed by atoms with E-state index in [1.165, 1.54) is 146 Å². The van der Waals surface area contributed by atoms with Gasteiger partial charge in [-0.15, -0.1) is 0 Å². The second-order valence-electron chi connectivity index (χ2n) is 18.9. The van der Waals surface area contributed by atoms with E-state index in [0.717, 1.165) is 6.42 Å². The minimum absolute atomic E-state index is 1.10. The first-order valence-electron chi connectivity index (χ1n) is 25.6. The summed E-state index contributed by atoms with van der Waals surface area (Å²) in [6.45, 7) is 19.6. The molecule has 0 radical (unpaired) electrons. The van der Waals surface area contributed by atoms with Crippen molar-refractivity contribution >= 4 is 70.6 Å². The first-order valence-corrected chi connectivity index (χ1v) is 42.3. The van der Waals surface area contributed by atoms with Crippen molar-refractivity contribution in [1.82, 2.24) is 0 Å². The molecule has 0 nitrogen and oxygen atoms in total. The van der Waals surface area contributed by atoms with Crippen molar-refractivity contribution in [3.8, 4) is 0 Å². The third-order valence-corrected chi connectivity index (χ3v) is 49.4. The number of unbranched alkanes of at least 4 members (excludes halogenated alkanes) is 12. The number of thiophene rings is 2. The summed E-state index contributed by atoms with van der Waals surface area (Å²) < 4.78 is 13.6. The molecule has 0 aromatic carbocycles. The Balaban J connectivity index is 2.15. The molecule has 2 aliphatic carbocycles. The Morgan fingerprint density at radius 3 is 1.41 bits per heavy atom. The van der Waals surface area contributed by atoms with Crippen LogP contribution in [0.25, 0.3) is 11.1 Å². The molecule has 0 unspecified atom stereocenters. The van der Waals surface area contributed by atoms with Gasteiger partial charge < -0.3 is 0 Å². The molecule has 2 aromatic heterocycles. The summed E-state index contributed by atoms with van der Waals surface area (Å²) in [5.74, 6) is 0. The SMILES string of the molecule is CCCCCCc1csc(C2=CC=CC3=C(c4cc(CCCCCC)cs4)[C]([Sn]([CH2]CCC)([CH2]CCC)[CH2]CCC)=[C]([Sn]([CH2]CCC)([CH2]CCC)[CH2]CCC)C=C2C3)c1. The van der Waals surface area contributed by atoms with E-state index in [2.05, 4.69) is 121 Å². The summed E-state index contributed by atoms with van der Waals surface area (Å²) in [7, 11) is 0. The Hall–Kier alpha value is -0.303.